The van der Waals surface area contributed by atoms with E-state index in [-0.39, 0.29) is 12.3 Å². The Labute approximate surface area is 192 Å². The van der Waals surface area contributed by atoms with Crippen molar-refractivity contribution in [2.45, 2.75) is 13.2 Å². The average Bonchev–Trinajstić information content (AvgIpc) is 2.73. The van der Waals surface area contributed by atoms with E-state index in [1.54, 1.807) is 31.4 Å². The standard InChI is InChI=1S/C21H17BrCl2N2O4/c1-29-20-9-14(11-25-15-4-7-18(23)19(24)10-15)8-17(22)21(20)30-12-13-2-5-16(6-3-13)26(27)28/h2-10,25H,11-12H2,1H3. The first kappa shape index (κ1) is 22.2. The first-order chi connectivity index (χ1) is 14.4. The molecule has 0 spiro atoms. The number of nitrogens with one attached hydrogen (secondary N) is 1. The number of anilines is 1. The molecule has 0 saturated carbocycles. The average molecular weight is 512 g/mol. The summed E-state index contributed by atoms with van der Waals surface area (Å²) in [4.78, 5) is 10.3. The molecule has 30 heavy (non-hydrogen) atoms. The zero-order valence-electron chi connectivity index (χ0n) is 15.8. The molecule has 0 unspecified atom stereocenters. The number of non-ortho nitro benzene ring substituents is 1. The number of nitro groups is 1. The van der Waals surface area contributed by atoms with Gasteiger partial charge in [0.25, 0.3) is 5.69 Å². The minimum atomic E-state index is -0.436. The van der Waals surface area contributed by atoms with Gasteiger partial charge in [-0.1, -0.05) is 23.2 Å². The van der Waals surface area contributed by atoms with Crippen molar-refractivity contribution in [1.29, 1.82) is 0 Å². The van der Waals surface area contributed by atoms with Gasteiger partial charge in [-0.15, -0.1) is 0 Å². The second-order valence-electron chi connectivity index (χ2n) is 6.30. The number of ether oxygens (including phenoxy) is 2. The van der Waals surface area contributed by atoms with Crippen LogP contribution in [0.4, 0.5) is 11.4 Å². The Morgan fingerprint density at radius 1 is 1.03 bits per heavy atom. The molecule has 0 aliphatic rings. The Morgan fingerprint density at radius 2 is 1.77 bits per heavy atom. The predicted octanol–water partition coefficient (Wildman–Crippen LogP) is 6.86. The van der Waals surface area contributed by atoms with E-state index >= 15 is 0 Å². The smallest absolute Gasteiger partial charge is 0.269 e. The number of hydrogen-bond acceptors (Lipinski definition) is 5. The molecule has 6 nitrogen and oxygen atoms in total. The zero-order valence-corrected chi connectivity index (χ0v) is 18.9. The summed E-state index contributed by atoms with van der Waals surface area (Å²) in [7, 11) is 1.57. The van der Waals surface area contributed by atoms with E-state index in [0.29, 0.717) is 28.1 Å². The number of nitro benzene ring substituents is 1. The van der Waals surface area contributed by atoms with Crippen LogP contribution in [0.5, 0.6) is 11.5 Å². The van der Waals surface area contributed by atoms with Crippen molar-refractivity contribution in [2.75, 3.05) is 12.4 Å². The normalized spacial score (nSPS) is 10.5. The molecule has 0 amide bonds. The summed E-state index contributed by atoms with van der Waals surface area (Å²) in [6.45, 7) is 0.781. The lowest BCUT2D eigenvalue weighted by Crippen LogP contribution is -2.03. The quantitative estimate of drug-likeness (QED) is 0.264. The highest BCUT2D eigenvalue weighted by atomic mass is 79.9. The van der Waals surface area contributed by atoms with Gasteiger partial charge >= 0.3 is 0 Å². The van der Waals surface area contributed by atoms with E-state index in [1.165, 1.54) is 12.1 Å². The zero-order chi connectivity index (χ0) is 21.7. The maximum Gasteiger partial charge on any atom is 0.269 e. The third-order valence-corrected chi connectivity index (χ3v) is 5.56. The summed E-state index contributed by atoms with van der Waals surface area (Å²) < 4.78 is 12.1. The molecule has 0 aromatic heterocycles. The van der Waals surface area contributed by atoms with Crippen molar-refractivity contribution in [2.24, 2.45) is 0 Å². The molecule has 0 bridgehead atoms. The van der Waals surface area contributed by atoms with Crippen LogP contribution in [-0.2, 0) is 13.2 Å². The number of methoxy groups -OCH3 is 1. The lowest BCUT2D eigenvalue weighted by molar-refractivity contribution is -0.384. The van der Waals surface area contributed by atoms with Crippen molar-refractivity contribution in [3.05, 3.63) is 90.4 Å². The summed E-state index contributed by atoms with van der Waals surface area (Å²) in [5.41, 5.74) is 2.65. The van der Waals surface area contributed by atoms with Crippen LogP contribution in [0.1, 0.15) is 11.1 Å². The van der Waals surface area contributed by atoms with Crippen molar-refractivity contribution < 1.29 is 14.4 Å². The Balaban J connectivity index is 1.70. The molecule has 9 heteroatoms. The van der Waals surface area contributed by atoms with E-state index in [9.17, 15) is 10.1 Å². The Bertz CT molecular complexity index is 1060. The summed E-state index contributed by atoms with van der Waals surface area (Å²) >= 11 is 15.5. The summed E-state index contributed by atoms with van der Waals surface area (Å²) in [5.74, 6) is 1.12. The fourth-order valence-electron chi connectivity index (χ4n) is 2.69. The minimum Gasteiger partial charge on any atom is -0.493 e. The number of halogens is 3. The molecule has 3 rings (SSSR count). The van der Waals surface area contributed by atoms with Gasteiger partial charge in [0.15, 0.2) is 11.5 Å². The van der Waals surface area contributed by atoms with Crippen LogP contribution in [-0.4, -0.2) is 12.0 Å². The number of rotatable bonds is 8. The topological polar surface area (TPSA) is 73.6 Å². The van der Waals surface area contributed by atoms with Gasteiger partial charge in [-0.3, -0.25) is 10.1 Å². The largest absolute Gasteiger partial charge is 0.493 e. The van der Waals surface area contributed by atoms with E-state index < -0.39 is 4.92 Å². The molecule has 0 radical (unpaired) electrons. The lowest BCUT2D eigenvalue weighted by Gasteiger charge is -2.15. The number of benzene rings is 3. The van der Waals surface area contributed by atoms with Gasteiger partial charge < -0.3 is 14.8 Å². The molecule has 0 saturated heterocycles. The fourth-order valence-corrected chi connectivity index (χ4v) is 3.60. The van der Waals surface area contributed by atoms with Crippen LogP contribution in [0.2, 0.25) is 10.0 Å². The maximum atomic E-state index is 10.8. The molecule has 0 aliphatic carbocycles. The van der Waals surface area contributed by atoms with Crippen LogP contribution in [0.3, 0.4) is 0 Å². The van der Waals surface area contributed by atoms with Gasteiger partial charge in [-0.05, 0) is 69.5 Å². The van der Waals surface area contributed by atoms with E-state index in [4.69, 9.17) is 32.7 Å². The van der Waals surface area contributed by atoms with Gasteiger partial charge in [0.2, 0.25) is 0 Å². The Kier molecular flexibility index (Phi) is 7.42. The second kappa shape index (κ2) is 10.0. The van der Waals surface area contributed by atoms with Gasteiger partial charge in [-0.25, -0.2) is 0 Å². The highest BCUT2D eigenvalue weighted by Gasteiger charge is 2.13. The van der Waals surface area contributed by atoms with Gasteiger partial charge in [-0.2, -0.15) is 0 Å². The van der Waals surface area contributed by atoms with E-state index in [1.807, 2.05) is 18.2 Å². The van der Waals surface area contributed by atoms with Crippen molar-refractivity contribution in [3.8, 4) is 11.5 Å². The van der Waals surface area contributed by atoms with Gasteiger partial charge in [0.1, 0.15) is 6.61 Å². The molecule has 3 aromatic rings. The van der Waals surface area contributed by atoms with Gasteiger partial charge in [0.05, 0.1) is 26.6 Å². The Hall–Kier alpha value is -2.48. The summed E-state index contributed by atoms with van der Waals surface area (Å²) in [5, 5.41) is 15.0. The Morgan fingerprint density at radius 3 is 2.40 bits per heavy atom. The molecule has 3 aromatic carbocycles. The molecule has 0 atom stereocenters. The molecular weight excluding hydrogens is 495 g/mol. The molecule has 0 heterocycles. The fraction of sp³-hybridized carbons (Fsp3) is 0.143. The first-order valence-corrected chi connectivity index (χ1v) is 10.3. The molecule has 156 valence electrons. The molecular formula is C21H17BrCl2N2O4. The maximum absolute atomic E-state index is 10.8. The van der Waals surface area contributed by atoms with Crippen molar-refractivity contribution in [3.63, 3.8) is 0 Å². The van der Waals surface area contributed by atoms with E-state index in [0.717, 1.165) is 21.3 Å². The van der Waals surface area contributed by atoms with E-state index in [2.05, 4.69) is 21.2 Å². The first-order valence-electron chi connectivity index (χ1n) is 8.79. The van der Waals surface area contributed by atoms with Crippen LogP contribution < -0.4 is 14.8 Å². The van der Waals surface area contributed by atoms with Crippen molar-refractivity contribution >= 4 is 50.5 Å². The minimum absolute atomic E-state index is 0.0383. The number of hydrogen-bond donors (Lipinski definition) is 1. The van der Waals surface area contributed by atoms with Crippen LogP contribution >= 0.6 is 39.1 Å². The predicted molar refractivity (Wildman–Crippen MR) is 122 cm³/mol. The number of nitrogens with zero attached hydrogens (tertiary/aromatic N) is 1. The third-order valence-electron chi connectivity index (χ3n) is 4.24. The summed E-state index contributed by atoms with van der Waals surface area (Å²) in [6.07, 6.45) is 0. The second-order valence-corrected chi connectivity index (χ2v) is 7.97. The summed E-state index contributed by atoms with van der Waals surface area (Å²) in [6, 6.07) is 15.4. The van der Waals surface area contributed by atoms with Crippen LogP contribution in [0, 0.1) is 10.1 Å². The van der Waals surface area contributed by atoms with Crippen molar-refractivity contribution in [1.82, 2.24) is 0 Å². The highest BCUT2D eigenvalue weighted by Crippen LogP contribution is 2.37. The SMILES string of the molecule is COc1cc(CNc2ccc(Cl)c(Cl)c2)cc(Br)c1OCc1ccc([N+](=O)[O-])cc1. The van der Waals surface area contributed by atoms with Gasteiger partial charge in [0, 0.05) is 24.4 Å². The highest BCUT2D eigenvalue weighted by molar-refractivity contribution is 9.10. The molecule has 0 aliphatic heterocycles. The lowest BCUT2D eigenvalue weighted by atomic mass is 10.2. The van der Waals surface area contributed by atoms with Crippen LogP contribution in [0.15, 0.2) is 59.1 Å². The third kappa shape index (κ3) is 5.56. The molecule has 1 N–H and O–H groups in total. The van der Waals surface area contributed by atoms with Crippen LogP contribution in [0.25, 0.3) is 0 Å². The monoisotopic (exact) mass is 510 g/mol. The molecule has 0 fully saturated rings.